The lowest BCUT2D eigenvalue weighted by Gasteiger charge is -2.00. The first-order valence-corrected chi connectivity index (χ1v) is 4.23. The van der Waals surface area contributed by atoms with E-state index in [2.05, 4.69) is 15.6 Å². The number of hydrogen-bond donors (Lipinski definition) is 2. The summed E-state index contributed by atoms with van der Waals surface area (Å²) in [6.45, 7) is 2.00. The molecule has 1 heterocycles. The number of rotatable bonds is 6. The van der Waals surface area contributed by atoms with E-state index in [1.165, 1.54) is 0 Å². The molecule has 1 aromatic heterocycles. The molecular weight excluding hydrogens is 184 g/mol. The second-order valence-electron chi connectivity index (χ2n) is 2.61. The van der Waals surface area contributed by atoms with E-state index in [4.69, 9.17) is 5.11 Å². The maximum atomic E-state index is 10.1. The average Bonchev–Trinajstić information content (AvgIpc) is 2.63. The van der Waals surface area contributed by atoms with Crippen LogP contribution in [0.2, 0.25) is 0 Å². The summed E-state index contributed by atoms with van der Waals surface area (Å²) in [5.74, 6) is -0.928. The molecule has 0 saturated heterocycles. The molecule has 0 fully saturated rings. The molecule has 2 N–H and O–H groups in total. The topological polar surface area (TPSA) is 80.0 Å². The lowest BCUT2D eigenvalue weighted by atomic mass is 10.5. The van der Waals surface area contributed by atoms with Gasteiger partial charge in [0, 0.05) is 25.4 Å². The van der Waals surface area contributed by atoms with Gasteiger partial charge in [-0.2, -0.15) is 0 Å². The maximum absolute atomic E-state index is 10.1. The van der Waals surface area contributed by atoms with Crippen molar-refractivity contribution < 1.29 is 9.90 Å². The van der Waals surface area contributed by atoms with Crippen molar-refractivity contribution in [1.29, 1.82) is 0 Å². The van der Waals surface area contributed by atoms with E-state index < -0.39 is 5.97 Å². The van der Waals surface area contributed by atoms with Crippen molar-refractivity contribution in [2.75, 3.05) is 13.1 Å². The van der Waals surface area contributed by atoms with Gasteiger partial charge < -0.3 is 10.4 Å². The quantitative estimate of drug-likeness (QED) is 0.474. The third-order valence-corrected chi connectivity index (χ3v) is 1.51. The Labute approximate surface area is 81.2 Å². The van der Waals surface area contributed by atoms with Crippen LogP contribution >= 0.6 is 0 Å². The first-order chi connectivity index (χ1) is 6.79. The Morgan fingerprint density at radius 3 is 3.14 bits per heavy atom. The fraction of sp³-hybridized carbons (Fsp3) is 0.375. The van der Waals surface area contributed by atoms with E-state index in [9.17, 15) is 4.79 Å². The SMILES string of the molecule is O=C(O)/C=C/CNCCn1ccnn1. The van der Waals surface area contributed by atoms with Crippen molar-refractivity contribution in [2.45, 2.75) is 6.54 Å². The summed E-state index contributed by atoms with van der Waals surface area (Å²) in [5.41, 5.74) is 0. The van der Waals surface area contributed by atoms with Crippen molar-refractivity contribution >= 4 is 5.97 Å². The third kappa shape index (κ3) is 4.36. The second-order valence-corrected chi connectivity index (χ2v) is 2.61. The maximum Gasteiger partial charge on any atom is 0.328 e. The Morgan fingerprint density at radius 2 is 2.50 bits per heavy atom. The van der Waals surface area contributed by atoms with Crippen LogP contribution in [0.15, 0.2) is 24.5 Å². The molecule has 0 unspecified atom stereocenters. The summed E-state index contributed by atoms with van der Waals surface area (Å²) in [6, 6.07) is 0. The molecule has 0 spiro atoms. The average molecular weight is 196 g/mol. The van der Waals surface area contributed by atoms with Crippen LogP contribution in [0.1, 0.15) is 0 Å². The Hall–Kier alpha value is -1.69. The third-order valence-electron chi connectivity index (χ3n) is 1.51. The minimum absolute atomic E-state index is 0.543. The normalized spacial score (nSPS) is 10.9. The molecule has 0 saturated carbocycles. The van der Waals surface area contributed by atoms with Gasteiger partial charge in [0.2, 0.25) is 0 Å². The highest BCUT2D eigenvalue weighted by Gasteiger charge is 1.89. The molecule has 0 bridgehead atoms. The highest BCUT2D eigenvalue weighted by atomic mass is 16.4. The van der Waals surface area contributed by atoms with Crippen molar-refractivity contribution in [2.24, 2.45) is 0 Å². The zero-order valence-corrected chi connectivity index (χ0v) is 7.63. The van der Waals surface area contributed by atoms with Gasteiger partial charge in [0.15, 0.2) is 0 Å². The number of nitrogens with zero attached hydrogens (tertiary/aromatic N) is 3. The molecule has 0 aromatic carbocycles. The van der Waals surface area contributed by atoms with Crippen molar-refractivity contribution in [3.05, 3.63) is 24.5 Å². The number of carboxylic acids is 1. The number of nitrogens with one attached hydrogen (secondary N) is 1. The predicted molar refractivity (Wildman–Crippen MR) is 49.7 cm³/mol. The molecule has 1 aromatic rings. The summed E-state index contributed by atoms with van der Waals surface area (Å²) < 4.78 is 1.70. The van der Waals surface area contributed by atoms with E-state index in [1.807, 2.05) is 0 Å². The van der Waals surface area contributed by atoms with Crippen molar-refractivity contribution in [3.63, 3.8) is 0 Å². The summed E-state index contributed by atoms with van der Waals surface area (Å²) in [5, 5.41) is 18.8. The molecular formula is C8H12N4O2. The summed E-state index contributed by atoms with van der Waals surface area (Å²) in [6.07, 6.45) is 6.06. The van der Waals surface area contributed by atoms with E-state index in [1.54, 1.807) is 23.2 Å². The number of carboxylic acid groups (broad SMARTS) is 1. The van der Waals surface area contributed by atoms with Gasteiger partial charge in [0.25, 0.3) is 0 Å². The van der Waals surface area contributed by atoms with E-state index in [0.717, 1.165) is 19.2 Å². The van der Waals surface area contributed by atoms with Crippen LogP contribution in [-0.2, 0) is 11.3 Å². The van der Waals surface area contributed by atoms with Gasteiger partial charge in [-0.15, -0.1) is 5.10 Å². The zero-order valence-electron chi connectivity index (χ0n) is 7.63. The molecule has 0 radical (unpaired) electrons. The molecule has 6 nitrogen and oxygen atoms in total. The van der Waals surface area contributed by atoms with Crippen LogP contribution in [0.25, 0.3) is 0 Å². The molecule has 14 heavy (non-hydrogen) atoms. The van der Waals surface area contributed by atoms with Crippen LogP contribution in [0.5, 0.6) is 0 Å². The molecule has 1 rings (SSSR count). The fourth-order valence-electron chi connectivity index (χ4n) is 0.891. The van der Waals surface area contributed by atoms with Crippen LogP contribution in [0.3, 0.4) is 0 Å². The molecule has 0 aliphatic rings. The van der Waals surface area contributed by atoms with Crippen molar-refractivity contribution in [1.82, 2.24) is 20.3 Å². The largest absolute Gasteiger partial charge is 0.478 e. The van der Waals surface area contributed by atoms with Crippen LogP contribution < -0.4 is 5.32 Å². The number of carbonyl (C=O) groups is 1. The predicted octanol–water partition coefficient (Wildman–Crippen LogP) is -0.492. The van der Waals surface area contributed by atoms with Gasteiger partial charge >= 0.3 is 5.97 Å². The molecule has 76 valence electrons. The lowest BCUT2D eigenvalue weighted by Crippen LogP contribution is -2.20. The zero-order chi connectivity index (χ0) is 10.2. The van der Waals surface area contributed by atoms with Gasteiger partial charge in [-0.05, 0) is 0 Å². The van der Waals surface area contributed by atoms with Crippen LogP contribution in [-0.4, -0.2) is 39.2 Å². The smallest absolute Gasteiger partial charge is 0.328 e. The molecule has 0 amide bonds. The Morgan fingerprint density at radius 1 is 1.64 bits per heavy atom. The summed E-state index contributed by atoms with van der Waals surface area (Å²) in [7, 11) is 0. The molecule has 0 atom stereocenters. The number of hydrogen-bond acceptors (Lipinski definition) is 4. The lowest BCUT2D eigenvalue weighted by molar-refractivity contribution is -0.131. The highest BCUT2D eigenvalue weighted by molar-refractivity contribution is 5.79. The van der Waals surface area contributed by atoms with E-state index >= 15 is 0 Å². The molecule has 0 aliphatic carbocycles. The van der Waals surface area contributed by atoms with Gasteiger partial charge in [0.1, 0.15) is 0 Å². The Kier molecular flexibility index (Phi) is 4.36. The van der Waals surface area contributed by atoms with Gasteiger partial charge in [-0.25, -0.2) is 4.79 Å². The van der Waals surface area contributed by atoms with Crippen molar-refractivity contribution in [3.8, 4) is 0 Å². The molecule has 0 aliphatic heterocycles. The first kappa shape index (κ1) is 10.4. The first-order valence-electron chi connectivity index (χ1n) is 4.23. The monoisotopic (exact) mass is 196 g/mol. The minimum atomic E-state index is -0.928. The highest BCUT2D eigenvalue weighted by Crippen LogP contribution is 1.78. The molecule has 6 heteroatoms. The number of aromatic nitrogens is 3. The fourth-order valence-corrected chi connectivity index (χ4v) is 0.891. The van der Waals surface area contributed by atoms with E-state index in [-0.39, 0.29) is 0 Å². The van der Waals surface area contributed by atoms with Gasteiger partial charge in [0.05, 0.1) is 12.7 Å². The Bertz CT molecular complexity index is 294. The minimum Gasteiger partial charge on any atom is -0.478 e. The van der Waals surface area contributed by atoms with Gasteiger partial charge in [-0.3, -0.25) is 4.68 Å². The Balaban J connectivity index is 2.03. The number of aliphatic carboxylic acids is 1. The van der Waals surface area contributed by atoms with E-state index in [0.29, 0.717) is 6.54 Å². The standard InChI is InChI=1S/C8H12N4O2/c13-8(14)2-1-3-9-4-6-12-7-5-10-11-12/h1-2,5,7,9H,3-4,6H2,(H,13,14)/b2-1+. The summed E-state index contributed by atoms with van der Waals surface area (Å²) in [4.78, 5) is 10.1. The second kappa shape index (κ2) is 5.87. The summed E-state index contributed by atoms with van der Waals surface area (Å²) >= 11 is 0. The van der Waals surface area contributed by atoms with Crippen LogP contribution in [0, 0.1) is 0 Å². The van der Waals surface area contributed by atoms with Crippen LogP contribution in [0.4, 0.5) is 0 Å². The van der Waals surface area contributed by atoms with Gasteiger partial charge in [-0.1, -0.05) is 11.3 Å².